The highest BCUT2D eigenvalue weighted by molar-refractivity contribution is 9.09. The van der Waals surface area contributed by atoms with E-state index in [1.807, 2.05) is 0 Å². The molecule has 0 aromatic heterocycles. The number of halogens is 1. The number of rotatable bonds is 4. The Hall–Kier alpha value is -0.750. The second kappa shape index (κ2) is 5.73. The van der Waals surface area contributed by atoms with Gasteiger partial charge in [0.2, 0.25) is 0 Å². The van der Waals surface area contributed by atoms with Crippen LogP contribution in [0.5, 0.6) is 0 Å². The molecule has 0 saturated carbocycles. The summed E-state index contributed by atoms with van der Waals surface area (Å²) in [4.78, 5) is 11.9. The van der Waals surface area contributed by atoms with Crippen molar-refractivity contribution in [2.75, 3.05) is 18.4 Å². The first kappa shape index (κ1) is 12.7. The Morgan fingerprint density at radius 1 is 1.35 bits per heavy atom. The summed E-state index contributed by atoms with van der Waals surface area (Å²) >= 11 is 3.36. The van der Waals surface area contributed by atoms with E-state index in [1.54, 1.807) is 29.3 Å². The number of carbonyl (C=O) groups is 1. The van der Waals surface area contributed by atoms with Crippen molar-refractivity contribution < 1.29 is 9.97 Å². The van der Waals surface area contributed by atoms with Gasteiger partial charge in [-0.3, -0.25) is 9.97 Å². The number of quaternary nitrogens is 1. The largest absolute Gasteiger partial charge is 0.608 e. The standard InChI is InChI=1S/C12H15BrN2O2/c13-7-3-4-8-14-9-12(16)10-5-1-2-6-11(10)15(14)17/h1-2,5-6,15H,3-4,7-9H2. The van der Waals surface area contributed by atoms with Crippen molar-refractivity contribution in [1.29, 1.82) is 0 Å². The smallest absolute Gasteiger partial charge is 0.188 e. The molecule has 17 heavy (non-hydrogen) atoms. The van der Waals surface area contributed by atoms with Gasteiger partial charge in [-0.1, -0.05) is 28.1 Å². The monoisotopic (exact) mass is 298 g/mol. The van der Waals surface area contributed by atoms with Crippen molar-refractivity contribution in [3.8, 4) is 0 Å². The van der Waals surface area contributed by atoms with Crippen LogP contribution in [-0.4, -0.2) is 29.2 Å². The minimum atomic E-state index is -0.0187. The highest BCUT2D eigenvalue weighted by Gasteiger charge is 2.29. The fourth-order valence-corrected chi connectivity index (χ4v) is 2.39. The Labute approximate surface area is 109 Å². The number of Topliss-reactive ketones (excluding diaryl/α,β-unsaturated/α-hetero) is 1. The molecule has 1 N–H and O–H groups in total. The molecule has 0 aliphatic carbocycles. The van der Waals surface area contributed by atoms with E-state index in [4.69, 9.17) is 0 Å². The number of unbranched alkanes of at least 4 members (excludes halogenated alkanes) is 1. The fraction of sp³-hybridized carbons (Fsp3) is 0.417. The normalized spacial score (nSPS) is 20.4. The zero-order valence-electron chi connectivity index (χ0n) is 9.49. The average molecular weight is 299 g/mol. The van der Waals surface area contributed by atoms with Crippen LogP contribution < -0.4 is 5.17 Å². The third kappa shape index (κ3) is 2.74. The molecule has 2 rings (SSSR count). The number of nitrogens with one attached hydrogen (secondary N) is 1. The second-order valence-electron chi connectivity index (χ2n) is 4.09. The van der Waals surface area contributed by atoms with Crippen LogP contribution in [0, 0.1) is 5.21 Å². The minimum Gasteiger partial charge on any atom is -0.608 e. The summed E-state index contributed by atoms with van der Waals surface area (Å²) < 4.78 is 0. The molecule has 0 radical (unpaired) electrons. The van der Waals surface area contributed by atoms with Crippen molar-refractivity contribution in [3.63, 3.8) is 0 Å². The summed E-state index contributed by atoms with van der Waals surface area (Å²) in [6.45, 7) is 0.878. The number of nitrogens with zero attached hydrogens (tertiary/aromatic N) is 1. The highest BCUT2D eigenvalue weighted by Crippen LogP contribution is 2.15. The van der Waals surface area contributed by atoms with E-state index in [-0.39, 0.29) is 17.5 Å². The summed E-state index contributed by atoms with van der Waals surface area (Å²) in [5.74, 6) is 0.0408. The Morgan fingerprint density at radius 2 is 2.12 bits per heavy atom. The number of alkyl halides is 1. The van der Waals surface area contributed by atoms with E-state index in [9.17, 15) is 10.0 Å². The van der Waals surface area contributed by atoms with Crippen molar-refractivity contribution in [2.24, 2.45) is 0 Å². The van der Waals surface area contributed by atoms with Crippen molar-refractivity contribution in [2.45, 2.75) is 12.8 Å². The Bertz CT molecular complexity index is 411. The van der Waals surface area contributed by atoms with Gasteiger partial charge < -0.3 is 5.21 Å². The number of carbonyl (C=O) groups excluding carboxylic acids is 1. The molecule has 1 aliphatic rings. The van der Waals surface area contributed by atoms with Gasteiger partial charge in [-0.2, -0.15) is 0 Å². The number of benzene rings is 1. The maximum atomic E-state index is 12.1. The van der Waals surface area contributed by atoms with E-state index in [2.05, 4.69) is 15.9 Å². The van der Waals surface area contributed by atoms with Crippen molar-refractivity contribution in [1.82, 2.24) is 5.01 Å². The summed E-state index contributed by atoms with van der Waals surface area (Å²) in [5.41, 5.74) is 1.11. The molecule has 1 aromatic rings. The number of hydrogen-bond donors (Lipinski definition) is 1. The van der Waals surface area contributed by atoms with Gasteiger partial charge in [0.15, 0.2) is 11.5 Å². The third-order valence-electron chi connectivity index (χ3n) is 2.89. The van der Waals surface area contributed by atoms with Crippen LogP contribution in [0.2, 0.25) is 0 Å². The van der Waals surface area contributed by atoms with Crippen molar-refractivity contribution in [3.05, 3.63) is 35.0 Å². The average Bonchev–Trinajstić information content (AvgIpc) is 2.36. The molecule has 1 heterocycles. The van der Waals surface area contributed by atoms with E-state index >= 15 is 0 Å². The molecule has 5 heteroatoms. The molecule has 0 bridgehead atoms. The summed E-state index contributed by atoms with van der Waals surface area (Å²) in [6, 6.07) is 7.05. The predicted molar refractivity (Wildman–Crippen MR) is 69.4 cm³/mol. The van der Waals surface area contributed by atoms with E-state index < -0.39 is 0 Å². The third-order valence-corrected chi connectivity index (χ3v) is 3.45. The molecule has 1 atom stereocenters. The zero-order chi connectivity index (χ0) is 12.3. The van der Waals surface area contributed by atoms with E-state index in [1.165, 1.54) is 0 Å². The molecular weight excluding hydrogens is 284 g/mol. The van der Waals surface area contributed by atoms with Gasteiger partial charge in [-0.25, -0.2) is 0 Å². The number of fused-ring (bicyclic) bond motifs is 1. The predicted octanol–water partition coefficient (Wildman–Crippen LogP) is 1.29. The first-order chi connectivity index (χ1) is 8.24. The van der Waals surface area contributed by atoms with Crippen LogP contribution in [0.4, 0.5) is 5.69 Å². The molecule has 0 spiro atoms. The highest BCUT2D eigenvalue weighted by atomic mass is 79.9. The summed E-state index contributed by atoms with van der Waals surface area (Å²) in [6.07, 6.45) is 1.94. The van der Waals surface area contributed by atoms with Gasteiger partial charge in [0.1, 0.15) is 6.54 Å². The van der Waals surface area contributed by atoms with Crippen molar-refractivity contribution >= 4 is 27.4 Å². The van der Waals surface area contributed by atoms with Crippen LogP contribution in [0.25, 0.3) is 0 Å². The molecule has 0 saturated heterocycles. The topological polar surface area (TPSA) is 47.8 Å². The SMILES string of the molecule is O=C1CN(CCCCBr)[NH+]([O-])c2ccccc21. The van der Waals surface area contributed by atoms with Gasteiger partial charge in [0.25, 0.3) is 0 Å². The first-order valence-electron chi connectivity index (χ1n) is 5.71. The number of hydrogen-bond acceptors (Lipinski definition) is 3. The Kier molecular flexibility index (Phi) is 4.28. The summed E-state index contributed by atoms with van der Waals surface area (Å²) in [5, 5.41) is 14.7. The second-order valence-corrected chi connectivity index (χ2v) is 4.88. The van der Waals surface area contributed by atoms with Gasteiger partial charge >= 0.3 is 0 Å². The Balaban J connectivity index is 2.12. The number of ketones is 1. The molecule has 0 fully saturated rings. The minimum absolute atomic E-state index is 0.0187. The lowest BCUT2D eigenvalue weighted by molar-refractivity contribution is -0.912. The maximum Gasteiger partial charge on any atom is 0.188 e. The molecule has 1 aromatic carbocycles. The van der Waals surface area contributed by atoms with Crippen LogP contribution in [0.15, 0.2) is 24.3 Å². The van der Waals surface area contributed by atoms with Crippen LogP contribution >= 0.6 is 15.9 Å². The molecule has 0 amide bonds. The van der Waals surface area contributed by atoms with E-state index in [0.717, 1.165) is 18.2 Å². The van der Waals surface area contributed by atoms with Crippen LogP contribution in [0.1, 0.15) is 23.2 Å². The van der Waals surface area contributed by atoms with Gasteiger partial charge in [-0.15, -0.1) is 5.01 Å². The van der Waals surface area contributed by atoms with Gasteiger partial charge in [-0.05, 0) is 18.9 Å². The lowest BCUT2D eigenvalue weighted by Crippen LogP contribution is -3.11. The first-order valence-corrected chi connectivity index (χ1v) is 6.83. The van der Waals surface area contributed by atoms with E-state index in [0.29, 0.717) is 17.8 Å². The molecule has 92 valence electrons. The molecule has 1 unspecified atom stereocenters. The lowest BCUT2D eigenvalue weighted by atomic mass is 10.1. The molecular formula is C12H15BrN2O2. The van der Waals surface area contributed by atoms with Crippen LogP contribution in [0.3, 0.4) is 0 Å². The Morgan fingerprint density at radius 3 is 2.88 bits per heavy atom. The van der Waals surface area contributed by atoms with Crippen LogP contribution in [-0.2, 0) is 0 Å². The van der Waals surface area contributed by atoms with Gasteiger partial charge in [0, 0.05) is 17.9 Å². The summed E-state index contributed by atoms with van der Waals surface area (Å²) in [7, 11) is 0. The quantitative estimate of drug-likeness (QED) is 0.518. The fourth-order valence-electron chi connectivity index (χ4n) is 1.99. The zero-order valence-corrected chi connectivity index (χ0v) is 11.1. The lowest BCUT2D eigenvalue weighted by Gasteiger charge is -2.37. The maximum absolute atomic E-state index is 12.1. The molecule has 1 aliphatic heterocycles. The molecule has 4 nitrogen and oxygen atoms in total. The van der Waals surface area contributed by atoms with Gasteiger partial charge in [0.05, 0.1) is 5.56 Å².